The van der Waals surface area contributed by atoms with E-state index in [4.69, 9.17) is 22.1 Å². The predicted molar refractivity (Wildman–Crippen MR) is 93.6 cm³/mol. The number of ether oxygens (including phenoxy) is 1. The van der Waals surface area contributed by atoms with Crippen molar-refractivity contribution in [1.29, 1.82) is 10.5 Å². The molecule has 2 aromatic rings. The first-order valence-electron chi connectivity index (χ1n) is 7.05. The Balaban J connectivity index is 2.57. The number of amides is 1. The van der Waals surface area contributed by atoms with Gasteiger partial charge in [0.25, 0.3) is 0 Å². The lowest BCUT2D eigenvalue weighted by Gasteiger charge is -2.16. The largest absolute Gasteiger partial charge is 0.380 e. The van der Waals surface area contributed by atoms with Crippen LogP contribution < -0.4 is 5.73 Å². The fourth-order valence-electron chi connectivity index (χ4n) is 2.21. The van der Waals surface area contributed by atoms with Gasteiger partial charge in [-0.05, 0) is 5.56 Å². The molecule has 0 aliphatic heterocycles. The maximum absolute atomic E-state index is 11.9. The molecule has 1 heterocycles. The van der Waals surface area contributed by atoms with Gasteiger partial charge in [0.2, 0.25) is 5.91 Å². The molecule has 0 saturated carbocycles. The number of carbonyl (C=O) groups excluding carboxylic acids is 1. The van der Waals surface area contributed by atoms with Crippen molar-refractivity contribution in [2.45, 2.75) is 16.9 Å². The normalized spacial score (nSPS) is 11.4. The van der Waals surface area contributed by atoms with Crippen molar-refractivity contribution in [2.75, 3.05) is 7.11 Å². The van der Waals surface area contributed by atoms with Gasteiger partial charge in [-0.15, -0.1) is 0 Å². The summed E-state index contributed by atoms with van der Waals surface area (Å²) in [6.07, 6.45) is 0. The lowest BCUT2D eigenvalue weighted by molar-refractivity contribution is -0.117. The van der Waals surface area contributed by atoms with Crippen LogP contribution in [0.3, 0.4) is 0 Å². The summed E-state index contributed by atoms with van der Waals surface area (Å²) < 4.78 is 5.07. The summed E-state index contributed by atoms with van der Waals surface area (Å²) in [7, 11) is 1.44. The number of thioether (sulfide) groups is 1. The molecule has 126 valence electrons. The molecule has 0 radical (unpaired) electrons. The topological polar surface area (TPSA) is 113 Å². The van der Waals surface area contributed by atoms with Crippen molar-refractivity contribution in [3.05, 3.63) is 57.7 Å². The Bertz CT molecular complexity index is 875. The lowest BCUT2D eigenvalue weighted by atomic mass is 10.1. The first kappa shape index (κ1) is 18.8. The van der Waals surface area contributed by atoms with Crippen molar-refractivity contribution in [2.24, 2.45) is 5.73 Å². The number of nitriles is 2. The zero-order valence-corrected chi connectivity index (χ0v) is 14.8. The van der Waals surface area contributed by atoms with Crippen LogP contribution in [-0.4, -0.2) is 18.0 Å². The number of benzene rings is 1. The van der Waals surface area contributed by atoms with Gasteiger partial charge in [0.1, 0.15) is 27.6 Å². The second-order valence-corrected chi connectivity index (χ2v) is 6.36. The van der Waals surface area contributed by atoms with Crippen molar-refractivity contribution in [1.82, 2.24) is 4.98 Å². The highest BCUT2D eigenvalue weighted by Crippen LogP contribution is 2.38. The highest BCUT2D eigenvalue weighted by molar-refractivity contribution is 8.00. The molecule has 2 N–H and O–H groups in total. The van der Waals surface area contributed by atoms with Gasteiger partial charge in [0.05, 0.1) is 17.7 Å². The predicted octanol–water partition coefficient (Wildman–Crippen LogP) is 2.94. The minimum Gasteiger partial charge on any atom is -0.380 e. The maximum atomic E-state index is 11.9. The first-order valence-corrected chi connectivity index (χ1v) is 8.31. The summed E-state index contributed by atoms with van der Waals surface area (Å²) in [5, 5.41) is 18.2. The van der Waals surface area contributed by atoms with E-state index in [1.165, 1.54) is 7.11 Å². The van der Waals surface area contributed by atoms with Crippen molar-refractivity contribution < 1.29 is 9.53 Å². The number of nitrogens with two attached hydrogens (primary N) is 1. The van der Waals surface area contributed by atoms with E-state index in [-0.39, 0.29) is 27.9 Å². The minimum atomic E-state index is -0.750. The van der Waals surface area contributed by atoms with E-state index in [9.17, 15) is 15.3 Å². The van der Waals surface area contributed by atoms with Gasteiger partial charge in [-0.1, -0.05) is 53.7 Å². The highest BCUT2D eigenvalue weighted by Gasteiger charge is 2.25. The molecule has 2 rings (SSSR count). The van der Waals surface area contributed by atoms with Crippen LogP contribution in [0.1, 0.15) is 27.5 Å². The summed E-state index contributed by atoms with van der Waals surface area (Å²) in [6, 6.07) is 12.9. The number of halogens is 1. The van der Waals surface area contributed by atoms with Gasteiger partial charge in [0, 0.05) is 12.7 Å². The summed E-state index contributed by atoms with van der Waals surface area (Å²) in [5.41, 5.74) is 6.77. The molecule has 1 unspecified atom stereocenters. The molecular weight excluding hydrogens is 360 g/mol. The van der Waals surface area contributed by atoms with E-state index in [1.807, 2.05) is 18.2 Å². The zero-order valence-electron chi connectivity index (χ0n) is 13.2. The van der Waals surface area contributed by atoms with Crippen molar-refractivity contribution in [3.63, 3.8) is 0 Å². The Kier molecular flexibility index (Phi) is 6.37. The molecule has 0 aliphatic carbocycles. The van der Waals surface area contributed by atoms with E-state index in [1.54, 1.807) is 24.3 Å². The monoisotopic (exact) mass is 372 g/mol. The Morgan fingerprint density at radius 3 is 2.48 bits per heavy atom. The molecule has 0 spiro atoms. The number of rotatable bonds is 6. The van der Waals surface area contributed by atoms with Gasteiger partial charge in [-0.3, -0.25) is 4.79 Å². The zero-order chi connectivity index (χ0) is 18.4. The van der Waals surface area contributed by atoms with Gasteiger partial charge in [-0.25, -0.2) is 4.98 Å². The number of pyridine rings is 1. The number of methoxy groups -OCH3 is 1. The number of carbonyl (C=O) groups is 1. The number of hydrogen-bond donors (Lipinski definition) is 1. The Hall–Kier alpha value is -2.58. The molecule has 0 saturated heterocycles. The molecular formula is C17H13ClN4O2S. The molecule has 1 aromatic heterocycles. The summed E-state index contributed by atoms with van der Waals surface area (Å²) >= 11 is 7.10. The summed E-state index contributed by atoms with van der Waals surface area (Å²) in [5.74, 6) is -0.573. The number of nitrogens with zero attached hydrogens (tertiary/aromatic N) is 3. The second kappa shape index (κ2) is 8.50. The highest BCUT2D eigenvalue weighted by atomic mass is 35.5. The average Bonchev–Trinajstić information content (AvgIpc) is 2.60. The molecule has 6 nitrogen and oxygen atoms in total. The molecule has 0 aliphatic rings. The Morgan fingerprint density at radius 2 is 1.96 bits per heavy atom. The van der Waals surface area contributed by atoms with Gasteiger partial charge in [-0.2, -0.15) is 10.5 Å². The fourth-order valence-corrected chi connectivity index (χ4v) is 3.57. The van der Waals surface area contributed by atoms with Gasteiger partial charge in [0.15, 0.2) is 0 Å². The number of aromatic nitrogens is 1. The van der Waals surface area contributed by atoms with Crippen molar-refractivity contribution in [3.8, 4) is 12.1 Å². The third-order valence-corrected chi connectivity index (χ3v) is 4.86. The van der Waals surface area contributed by atoms with Crippen LogP contribution in [0.5, 0.6) is 0 Å². The Labute approximate surface area is 154 Å². The quantitative estimate of drug-likeness (QED) is 0.616. The Morgan fingerprint density at radius 1 is 1.32 bits per heavy atom. The van der Waals surface area contributed by atoms with Crippen LogP contribution >= 0.6 is 23.4 Å². The first-order chi connectivity index (χ1) is 12.0. The molecule has 1 aromatic carbocycles. The van der Waals surface area contributed by atoms with Crippen LogP contribution in [0.2, 0.25) is 5.15 Å². The minimum absolute atomic E-state index is 0.0220. The van der Waals surface area contributed by atoms with Crippen LogP contribution in [0.4, 0.5) is 0 Å². The molecule has 1 atom stereocenters. The van der Waals surface area contributed by atoms with Crippen molar-refractivity contribution >= 4 is 29.3 Å². The van der Waals surface area contributed by atoms with Crippen LogP contribution in [-0.2, 0) is 16.1 Å². The molecule has 1 amide bonds. The van der Waals surface area contributed by atoms with E-state index in [0.29, 0.717) is 11.1 Å². The molecule has 0 bridgehead atoms. The smallest absolute Gasteiger partial charge is 0.235 e. The fraction of sp³-hybridized carbons (Fsp3) is 0.176. The molecule has 25 heavy (non-hydrogen) atoms. The summed E-state index contributed by atoms with van der Waals surface area (Å²) in [6.45, 7) is 0.0220. The van der Waals surface area contributed by atoms with E-state index in [0.717, 1.165) is 11.8 Å². The van der Waals surface area contributed by atoms with E-state index >= 15 is 0 Å². The van der Waals surface area contributed by atoms with Crippen LogP contribution in [0.15, 0.2) is 35.4 Å². The maximum Gasteiger partial charge on any atom is 0.235 e. The van der Waals surface area contributed by atoms with Crippen LogP contribution in [0.25, 0.3) is 0 Å². The molecule has 8 heteroatoms. The summed E-state index contributed by atoms with van der Waals surface area (Å²) in [4.78, 5) is 16.0. The molecule has 0 fully saturated rings. The third-order valence-electron chi connectivity index (χ3n) is 3.33. The third kappa shape index (κ3) is 4.09. The number of hydrogen-bond acceptors (Lipinski definition) is 6. The average molecular weight is 373 g/mol. The SMILES string of the molecule is COCc1c(C#N)c(Cl)nc(SC(C(N)=O)c2ccccc2)c1C#N. The van der Waals surface area contributed by atoms with E-state index in [2.05, 4.69) is 4.98 Å². The standard InChI is InChI=1S/C17H13ClN4O2S/c1-24-9-13-11(7-19)15(18)22-17(12(13)8-20)25-14(16(21)23)10-5-3-2-4-6-10/h2-6,14H,9H2,1H3,(H2,21,23). The lowest BCUT2D eigenvalue weighted by Crippen LogP contribution is -2.19. The van der Waals surface area contributed by atoms with Gasteiger partial charge < -0.3 is 10.5 Å². The second-order valence-electron chi connectivity index (χ2n) is 4.90. The number of primary amides is 1. The van der Waals surface area contributed by atoms with E-state index < -0.39 is 11.2 Å². The van der Waals surface area contributed by atoms with Crippen LogP contribution in [0, 0.1) is 22.7 Å². The van der Waals surface area contributed by atoms with Gasteiger partial charge >= 0.3 is 0 Å².